The van der Waals surface area contributed by atoms with E-state index >= 15 is 0 Å². The summed E-state index contributed by atoms with van der Waals surface area (Å²) in [5.74, 6) is -1.21. The molecule has 1 aliphatic carbocycles. The van der Waals surface area contributed by atoms with Crippen molar-refractivity contribution in [3.63, 3.8) is 0 Å². The molecule has 1 N–H and O–H groups in total. The fourth-order valence-corrected chi connectivity index (χ4v) is 5.95. The van der Waals surface area contributed by atoms with Crippen LogP contribution in [-0.2, 0) is 32.3 Å². The quantitative estimate of drug-likeness (QED) is 0.378. The van der Waals surface area contributed by atoms with Crippen LogP contribution < -0.4 is 9.62 Å². The number of hydrogen-bond donors (Lipinski definition) is 1. The smallest absolute Gasteiger partial charge is 0.352 e. The molecule has 1 atom stereocenters. The highest BCUT2D eigenvalue weighted by atomic mass is 35.5. The number of nitrogens with one attached hydrogen (secondary N) is 1. The Kier molecular flexibility index (Phi) is 10.2. The van der Waals surface area contributed by atoms with Crippen LogP contribution in [0.25, 0.3) is 0 Å². The lowest BCUT2D eigenvalue weighted by molar-refractivity contribution is -0.140. The van der Waals surface area contributed by atoms with Gasteiger partial charge in [-0.05, 0) is 49.6 Å². The third-order valence-corrected chi connectivity index (χ3v) is 8.47. The number of hydrogen-bond acceptors (Lipinski definition) is 4. The molecule has 39 heavy (non-hydrogen) atoms. The first-order chi connectivity index (χ1) is 18.2. The van der Waals surface area contributed by atoms with E-state index in [2.05, 4.69) is 5.32 Å². The van der Waals surface area contributed by atoms with Gasteiger partial charge in [0.2, 0.25) is 21.8 Å². The second kappa shape index (κ2) is 12.8. The molecular weight excluding hydrogens is 578 g/mol. The SMILES string of the molecule is CC[C@@H](C(=O)NC1CCCC1)N(Cc1c(Cl)cccc1Cl)C(=O)CN(c1cccc(C(F)(F)F)c1)S(C)(=O)=O. The zero-order valence-electron chi connectivity index (χ0n) is 21.5. The van der Waals surface area contributed by atoms with E-state index in [9.17, 15) is 31.2 Å². The number of carbonyl (C=O) groups excluding carboxylic acids is 2. The van der Waals surface area contributed by atoms with Gasteiger partial charge < -0.3 is 10.2 Å². The molecular formula is C26H30Cl2F3N3O4S. The molecule has 13 heteroatoms. The summed E-state index contributed by atoms with van der Waals surface area (Å²) in [6.45, 7) is 0.651. The topological polar surface area (TPSA) is 86.8 Å². The third-order valence-electron chi connectivity index (χ3n) is 6.62. The van der Waals surface area contributed by atoms with E-state index in [0.717, 1.165) is 44.1 Å². The molecule has 7 nitrogen and oxygen atoms in total. The minimum Gasteiger partial charge on any atom is -0.352 e. The van der Waals surface area contributed by atoms with Crippen molar-refractivity contribution in [3.8, 4) is 0 Å². The third kappa shape index (κ3) is 8.02. The van der Waals surface area contributed by atoms with E-state index in [4.69, 9.17) is 23.2 Å². The van der Waals surface area contributed by atoms with Crippen molar-refractivity contribution >= 4 is 50.7 Å². The number of benzene rings is 2. The molecule has 0 saturated heterocycles. The zero-order valence-corrected chi connectivity index (χ0v) is 23.8. The Labute approximate surface area is 236 Å². The Bertz CT molecular complexity index is 1280. The van der Waals surface area contributed by atoms with E-state index in [1.807, 2.05) is 0 Å². The van der Waals surface area contributed by atoms with Crippen molar-refractivity contribution in [2.45, 2.75) is 63.8 Å². The van der Waals surface area contributed by atoms with Crippen LogP contribution in [-0.4, -0.2) is 50.0 Å². The van der Waals surface area contributed by atoms with Gasteiger partial charge >= 0.3 is 6.18 Å². The monoisotopic (exact) mass is 607 g/mol. The summed E-state index contributed by atoms with van der Waals surface area (Å²) in [5, 5.41) is 3.44. The first kappa shape index (κ1) is 31.0. The highest BCUT2D eigenvalue weighted by molar-refractivity contribution is 7.92. The second-order valence-corrected chi connectivity index (χ2v) is 12.2. The minimum atomic E-state index is -4.72. The van der Waals surface area contributed by atoms with Gasteiger partial charge in [0, 0.05) is 28.2 Å². The molecule has 0 bridgehead atoms. The van der Waals surface area contributed by atoms with Crippen LogP contribution in [0.3, 0.4) is 0 Å². The van der Waals surface area contributed by atoms with Crippen molar-refractivity contribution in [1.29, 1.82) is 0 Å². The van der Waals surface area contributed by atoms with E-state index in [1.165, 1.54) is 11.0 Å². The Morgan fingerprint density at radius 1 is 1.08 bits per heavy atom. The van der Waals surface area contributed by atoms with Crippen LogP contribution in [0, 0.1) is 0 Å². The number of nitrogens with zero attached hydrogens (tertiary/aromatic N) is 2. The first-order valence-electron chi connectivity index (χ1n) is 12.4. The molecule has 0 aromatic heterocycles. The summed E-state index contributed by atoms with van der Waals surface area (Å²) in [4.78, 5) is 28.3. The minimum absolute atomic E-state index is 0.0370. The van der Waals surface area contributed by atoms with Gasteiger partial charge in [-0.3, -0.25) is 13.9 Å². The van der Waals surface area contributed by atoms with Gasteiger partial charge in [-0.25, -0.2) is 8.42 Å². The number of sulfonamides is 1. The molecule has 2 aromatic rings. The maximum absolute atomic E-state index is 13.8. The lowest BCUT2D eigenvalue weighted by Crippen LogP contribution is -2.53. The summed E-state index contributed by atoms with van der Waals surface area (Å²) in [6, 6.07) is 7.40. The average molecular weight is 609 g/mol. The summed E-state index contributed by atoms with van der Waals surface area (Å²) >= 11 is 12.7. The summed E-state index contributed by atoms with van der Waals surface area (Å²) in [5.41, 5.74) is -1.05. The lowest BCUT2D eigenvalue weighted by atomic mass is 10.1. The predicted octanol–water partition coefficient (Wildman–Crippen LogP) is 5.64. The zero-order chi connectivity index (χ0) is 29.0. The van der Waals surface area contributed by atoms with Crippen molar-refractivity contribution in [2.24, 2.45) is 0 Å². The van der Waals surface area contributed by atoms with Crippen LogP contribution in [0.2, 0.25) is 10.0 Å². The summed E-state index contributed by atoms with van der Waals surface area (Å²) < 4.78 is 65.9. The molecule has 0 radical (unpaired) electrons. The standard InChI is InChI=1S/C26H30Cl2F3N3O4S/c1-3-23(25(36)32-18-9-4-5-10-18)33(15-20-21(27)12-7-13-22(20)28)24(35)16-34(39(2,37)38)19-11-6-8-17(14-19)26(29,30)31/h6-8,11-14,18,23H,3-5,9-10,15-16H2,1-2H3,(H,32,36)/t23-/m0/s1. The highest BCUT2D eigenvalue weighted by Crippen LogP contribution is 2.33. The number of carbonyl (C=O) groups is 2. The van der Waals surface area contributed by atoms with Crippen LogP contribution in [0.5, 0.6) is 0 Å². The number of amides is 2. The molecule has 2 aromatic carbocycles. The maximum Gasteiger partial charge on any atom is 0.416 e. The lowest BCUT2D eigenvalue weighted by Gasteiger charge is -2.34. The van der Waals surface area contributed by atoms with Crippen molar-refractivity contribution < 1.29 is 31.2 Å². The fourth-order valence-electron chi connectivity index (χ4n) is 4.59. The Morgan fingerprint density at radius 3 is 2.21 bits per heavy atom. The Hall–Kier alpha value is -2.50. The highest BCUT2D eigenvalue weighted by Gasteiger charge is 2.35. The molecule has 1 aliphatic rings. The van der Waals surface area contributed by atoms with E-state index in [-0.39, 0.29) is 34.7 Å². The number of halogens is 5. The Balaban J connectivity index is 2.00. The van der Waals surface area contributed by atoms with E-state index in [0.29, 0.717) is 15.9 Å². The van der Waals surface area contributed by atoms with Gasteiger partial charge in [0.05, 0.1) is 17.5 Å². The van der Waals surface area contributed by atoms with Gasteiger partial charge in [0.1, 0.15) is 12.6 Å². The molecule has 0 heterocycles. The van der Waals surface area contributed by atoms with E-state index in [1.54, 1.807) is 25.1 Å². The largest absolute Gasteiger partial charge is 0.416 e. The average Bonchev–Trinajstić information content (AvgIpc) is 3.36. The number of alkyl halides is 3. The van der Waals surface area contributed by atoms with Gasteiger partial charge in [-0.15, -0.1) is 0 Å². The predicted molar refractivity (Wildman–Crippen MR) is 145 cm³/mol. The normalized spacial score (nSPS) is 15.2. The molecule has 1 saturated carbocycles. The molecule has 2 amide bonds. The van der Waals surface area contributed by atoms with Crippen LogP contribution in [0.1, 0.15) is 50.2 Å². The van der Waals surface area contributed by atoms with Crippen molar-refractivity contribution in [3.05, 3.63) is 63.6 Å². The van der Waals surface area contributed by atoms with Gasteiger partial charge in [0.25, 0.3) is 0 Å². The van der Waals surface area contributed by atoms with Crippen molar-refractivity contribution in [1.82, 2.24) is 10.2 Å². The number of anilines is 1. The molecule has 0 aliphatic heterocycles. The van der Waals surface area contributed by atoms with Crippen molar-refractivity contribution in [2.75, 3.05) is 17.1 Å². The van der Waals surface area contributed by atoms with Crippen LogP contribution >= 0.6 is 23.2 Å². The number of rotatable bonds is 10. The Morgan fingerprint density at radius 2 is 1.67 bits per heavy atom. The maximum atomic E-state index is 13.8. The van der Waals surface area contributed by atoms with Gasteiger partial charge in [-0.2, -0.15) is 13.2 Å². The van der Waals surface area contributed by atoms with Crippen LogP contribution in [0.4, 0.5) is 18.9 Å². The van der Waals surface area contributed by atoms with Gasteiger partial charge in [-0.1, -0.05) is 55.1 Å². The second-order valence-electron chi connectivity index (χ2n) is 9.45. The first-order valence-corrected chi connectivity index (χ1v) is 15.0. The molecule has 0 unspecified atom stereocenters. The molecule has 0 spiro atoms. The summed E-state index contributed by atoms with van der Waals surface area (Å²) in [6.07, 6.45) is -0.177. The molecule has 1 fully saturated rings. The molecule has 3 rings (SSSR count). The molecule has 214 valence electrons. The van der Waals surface area contributed by atoms with Gasteiger partial charge in [0.15, 0.2) is 0 Å². The summed E-state index contributed by atoms with van der Waals surface area (Å²) in [7, 11) is -4.20. The van der Waals surface area contributed by atoms with Crippen LogP contribution in [0.15, 0.2) is 42.5 Å². The van der Waals surface area contributed by atoms with E-state index < -0.39 is 46.2 Å². The fraction of sp³-hybridized carbons (Fsp3) is 0.462.